The van der Waals surface area contributed by atoms with Gasteiger partial charge in [-0.2, -0.15) is 5.10 Å². The maximum atomic E-state index is 14.1. The molecule has 0 saturated heterocycles. The van der Waals surface area contributed by atoms with E-state index in [2.05, 4.69) is 10.4 Å². The summed E-state index contributed by atoms with van der Waals surface area (Å²) in [4.78, 5) is 12.0. The first kappa shape index (κ1) is 16.4. The highest BCUT2D eigenvalue weighted by Crippen LogP contribution is 2.18. The van der Waals surface area contributed by atoms with Crippen molar-refractivity contribution in [3.05, 3.63) is 78.4 Å². The molecule has 0 unspecified atom stereocenters. The van der Waals surface area contributed by atoms with Crippen LogP contribution in [0, 0.1) is 5.82 Å². The van der Waals surface area contributed by atoms with E-state index in [4.69, 9.17) is 4.74 Å². The minimum atomic E-state index is -0.472. The third kappa shape index (κ3) is 4.11. The Kier molecular flexibility index (Phi) is 4.89. The molecule has 2 aromatic carbocycles. The van der Waals surface area contributed by atoms with Crippen LogP contribution in [0.4, 0.5) is 10.1 Å². The number of hydrogen-bond donors (Lipinski definition) is 1. The maximum absolute atomic E-state index is 14.1. The van der Waals surface area contributed by atoms with E-state index in [0.717, 1.165) is 11.3 Å². The molecule has 5 nitrogen and oxygen atoms in total. The molecule has 6 heteroatoms. The fraction of sp³-hybridized carbons (Fsp3) is 0.0526. The lowest BCUT2D eigenvalue weighted by Crippen LogP contribution is -2.08. The second-order valence-corrected chi connectivity index (χ2v) is 5.21. The number of anilines is 1. The van der Waals surface area contributed by atoms with Crippen molar-refractivity contribution in [1.29, 1.82) is 0 Å². The Balaban J connectivity index is 1.66. The van der Waals surface area contributed by atoms with Gasteiger partial charge in [0.25, 0.3) is 0 Å². The maximum Gasteiger partial charge on any atom is 0.248 e. The molecule has 25 heavy (non-hydrogen) atoms. The number of benzene rings is 2. The normalized spacial score (nSPS) is 10.8. The molecule has 0 aliphatic heterocycles. The van der Waals surface area contributed by atoms with Gasteiger partial charge in [0.05, 0.1) is 7.11 Å². The number of amides is 1. The first-order valence-electron chi connectivity index (χ1n) is 7.58. The molecule has 0 spiro atoms. The smallest absolute Gasteiger partial charge is 0.248 e. The molecule has 0 fully saturated rings. The number of carbonyl (C=O) groups excluding carboxylic acids is 1. The van der Waals surface area contributed by atoms with E-state index in [1.54, 1.807) is 55.9 Å². The summed E-state index contributed by atoms with van der Waals surface area (Å²) in [5.41, 5.74) is 1.55. The highest BCUT2D eigenvalue weighted by Gasteiger charge is 2.07. The Hall–Kier alpha value is -3.41. The quantitative estimate of drug-likeness (QED) is 0.723. The van der Waals surface area contributed by atoms with Gasteiger partial charge in [-0.05, 0) is 48.0 Å². The molecule has 0 aliphatic carbocycles. The van der Waals surface area contributed by atoms with Crippen molar-refractivity contribution in [2.75, 3.05) is 12.4 Å². The molecule has 0 saturated carbocycles. The summed E-state index contributed by atoms with van der Waals surface area (Å²) in [6, 6.07) is 13.4. The molecule has 3 aromatic rings. The third-order valence-corrected chi connectivity index (χ3v) is 3.51. The van der Waals surface area contributed by atoms with E-state index in [1.165, 1.54) is 16.8 Å². The van der Waals surface area contributed by atoms with E-state index < -0.39 is 5.82 Å². The minimum absolute atomic E-state index is 0.316. The zero-order valence-electron chi connectivity index (χ0n) is 13.5. The van der Waals surface area contributed by atoms with Gasteiger partial charge >= 0.3 is 0 Å². The number of halogens is 1. The van der Waals surface area contributed by atoms with Crippen molar-refractivity contribution in [1.82, 2.24) is 9.78 Å². The number of hydrogen-bond acceptors (Lipinski definition) is 3. The van der Waals surface area contributed by atoms with E-state index in [9.17, 15) is 9.18 Å². The van der Waals surface area contributed by atoms with Crippen LogP contribution >= 0.6 is 0 Å². The summed E-state index contributed by atoms with van der Waals surface area (Å²) in [6.07, 6.45) is 6.28. The molecule has 1 N–H and O–H groups in total. The van der Waals surface area contributed by atoms with Gasteiger partial charge in [0, 0.05) is 24.2 Å². The van der Waals surface area contributed by atoms with Crippen LogP contribution in [0.3, 0.4) is 0 Å². The Morgan fingerprint density at radius 1 is 1.24 bits per heavy atom. The largest absolute Gasteiger partial charge is 0.497 e. The van der Waals surface area contributed by atoms with E-state index in [-0.39, 0.29) is 5.91 Å². The molecular weight excluding hydrogens is 321 g/mol. The molecule has 0 atom stereocenters. The first-order valence-corrected chi connectivity index (χ1v) is 7.58. The van der Waals surface area contributed by atoms with E-state index in [0.29, 0.717) is 11.4 Å². The second kappa shape index (κ2) is 7.44. The van der Waals surface area contributed by atoms with Crippen LogP contribution in [-0.4, -0.2) is 22.8 Å². The topological polar surface area (TPSA) is 56.1 Å². The molecule has 1 amide bonds. The Morgan fingerprint density at radius 3 is 2.68 bits per heavy atom. The van der Waals surface area contributed by atoms with Gasteiger partial charge in [0.1, 0.15) is 11.4 Å². The van der Waals surface area contributed by atoms with Crippen LogP contribution in [0.15, 0.2) is 67.0 Å². The molecular formula is C19H16FN3O2. The third-order valence-electron chi connectivity index (χ3n) is 3.51. The summed E-state index contributed by atoms with van der Waals surface area (Å²) in [6.45, 7) is 0. The lowest BCUT2D eigenvalue weighted by Gasteiger charge is -2.06. The number of methoxy groups -OCH3 is 1. The van der Waals surface area contributed by atoms with Gasteiger partial charge in [-0.1, -0.05) is 12.1 Å². The van der Waals surface area contributed by atoms with E-state index >= 15 is 0 Å². The van der Waals surface area contributed by atoms with Gasteiger partial charge < -0.3 is 10.1 Å². The Labute approximate surface area is 144 Å². The molecule has 0 bridgehead atoms. The van der Waals surface area contributed by atoms with Gasteiger partial charge in [-0.15, -0.1) is 0 Å². The summed E-state index contributed by atoms with van der Waals surface area (Å²) in [5, 5.41) is 6.61. The molecule has 0 radical (unpaired) electrons. The monoisotopic (exact) mass is 337 g/mol. The molecule has 1 heterocycles. The average Bonchev–Trinajstić information content (AvgIpc) is 3.15. The number of nitrogens with zero attached hydrogens (tertiary/aromatic N) is 2. The molecule has 126 valence electrons. The van der Waals surface area contributed by atoms with Crippen LogP contribution < -0.4 is 10.1 Å². The summed E-state index contributed by atoms with van der Waals surface area (Å²) < 4.78 is 20.6. The van der Waals surface area contributed by atoms with Crippen molar-refractivity contribution < 1.29 is 13.9 Å². The number of nitrogens with one attached hydrogen (secondary N) is 1. The first-order chi connectivity index (χ1) is 12.2. The number of carbonyl (C=O) groups is 1. The fourth-order valence-corrected chi connectivity index (χ4v) is 2.25. The summed E-state index contributed by atoms with van der Waals surface area (Å²) in [7, 11) is 1.59. The van der Waals surface area contributed by atoms with Crippen molar-refractivity contribution in [2.45, 2.75) is 0 Å². The molecule has 3 rings (SSSR count). The zero-order valence-corrected chi connectivity index (χ0v) is 13.5. The number of rotatable bonds is 5. The van der Waals surface area contributed by atoms with Crippen molar-refractivity contribution in [3.63, 3.8) is 0 Å². The SMILES string of the molecule is COc1ccc(/C=C/C(=O)Nc2ccc(-n3cccn3)c(F)c2)cc1. The van der Waals surface area contributed by atoms with E-state index in [1.807, 2.05) is 12.1 Å². The highest BCUT2D eigenvalue weighted by atomic mass is 19.1. The molecule has 0 aliphatic rings. The van der Waals surface area contributed by atoms with Crippen LogP contribution in [0.25, 0.3) is 11.8 Å². The van der Waals surface area contributed by atoms with Crippen LogP contribution in [0.5, 0.6) is 5.75 Å². The van der Waals surface area contributed by atoms with Crippen molar-refractivity contribution >= 4 is 17.7 Å². The van der Waals surface area contributed by atoms with Gasteiger partial charge in [-0.3, -0.25) is 4.79 Å². The number of ether oxygens (including phenoxy) is 1. The van der Waals surface area contributed by atoms with Crippen LogP contribution in [-0.2, 0) is 4.79 Å². The van der Waals surface area contributed by atoms with Gasteiger partial charge in [-0.25, -0.2) is 9.07 Å². The van der Waals surface area contributed by atoms with Gasteiger partial charge in [0.15, 0.2) is 5.82 Å². The van der Waals surface area contributed by atoms with Crippen LogP contribution in [0.2, 0.25) is 0 Å². The summed E-state index contributed by atoms with van der Waals surface area (Å²) in [5.74, 6) is -0.0722. The van der Waals surface area contributed by atoms with Crippen molar-refractivity contribution in [2.24, 2.45) is 0 Å². The lowest BCUT2D eigenvalue weighted by atomic mass is 10.2. The lowest BCUT2D eigenvalue weighted by molar-refractivity contribution is -0.111. The average molecular weight is 337 g/mol. The zero-order chi connectivity index (χ0) is 17.6. The number of aromatic nitrogens is 2. The predicted molar refractivity (Wildman–Crippen MR) is 94.2 cm³/mol. The van der Waals surface area contributed by atoms with Crippen molar-refractivity contribution in [3.8, 4) is 11.4 Å². The Morgan fingerprint density at radius 2 is 2.04 bits per heavy atom. The van der Waals surface area contributed by atoms with Gasteiger partial charge in [0.2, 0.25) is 5.91 Å². The predicted octanol–water partition coefficient (Wildman–Crippen LogP) is 3.67. The second-order valence-electron chi connectivity index (χ2n) is 5.21. The van der Waals surface area contributed by atoms with Crippen LogP contribution in [0.1, 0.15) is 5.56 Å². The minimum Gasteiger partial charge on any atom is -0.497 e. The standard InChI is InChI=1S/C19H16FN3O2/c1-25-16-7-3-14(4-8-16)5-10-19(24)22-15-6-9-18(17(20)13-15)23-12-2-11-21-23/h2-13H,1H3,(H,22,24)/b10-5+. The summed E-state index contributed by atoms with van der Waals surface area (Å²) >= 11 is 0. The fourth-order valence-electron chi connectivity index (χ4n) is 2.25. The molecule has 1 aromatic heterocycles. The Bertz CT molecular complexity index is 888. The highest BCUT2D eigenvalue weighted by molar-refractivity contribution is 6.01.